The number of aryl methyl sites for hydroxylation is 3. The van der Waals surface area contributed by atoms with Crippen LogP contribution in [0.4, 0.5) is 5.69 Å². The molecule has 0 aliphatic heterocycles. The maximum absolute atomic E-state index is 6.13. The molecular weight excluding hydrogens is 274 g/mol. The summed E-state index contributed by atoms with van der Waals surface area (Å²) in [6.07, 6.45) is 2.84. The van der Waals surface area contributed by atoms with Gasteiger partial charge in [-0.3, -0.25) is 5.10 Å². The molecule has 0 aliphatic carbocycles. The average Bonchev–Trinajstić information content (AvgIpc) is 2.95. The van der Waals surface area contributed by atoms with Crippen LogP contribution in [0.5, 0.6) is 0 Å². The Kier molecular flexibility index (Phi) is 3.36. The Balaban J connectivity index is 1.68. The molecule has 0 saturated carbocycles. The maximum atomic E-state index is 6.13. The van der Waals surface area contributed by atoms with Crippen molar-refractivity contribution in [3.63, 3.8) is 0 Å². The summed E-state index contributed by atoms with van der Waals surface area (Å²) in [6.45, 7) is 1.93. The van der Waals surface area contributed by atoms with Crippen molar-refractivity contribution in [2.24, 2.45) is 0 Å². The molecule has 5 nitrogen and oxygen atoms in total. The number of anilines is 1. The lowest BCUT2D eigenvalue weighted by molar-refractivity contribution is 0.732. The number of fused-ring (bicyclic) bond motifs is 1. The number of nitrogens with zero attached hydrogens (tertiary/aromatic N) is 3. The normalized spacial score (nSPS) is 11.3. The number of aromatic nitrogens is 4. The summed E-state index contributed by atoms with van der Waals surface area (Å²) in [5, 5.41) is 12.1. The maximum Gasteiger partial charge on any atom is 0.196 e. The number of rotatable bonds is 4. The Hall–Kier alpha value is -2.01. The highest BCUT2D eigenvalue weighted by atomic mass is 35.5. The molecule has 104 valence electrons. The quantitative estimate of drug-likeness (QED) is 0.726. The second-order valence-electron chi connectivity index (χ2n) is 4.92. The van der Waals surface area contributed by atoms with Crippen molar-refractivity contribution in [1.29, 1.82) is 0 Å². The SMILES string of the molecule is Cc1[nH]n2c(CCCc3ccc(N)cc3)nnc2c1Cl. The van der Waals surface area contributed by atoms with E-state index in [2.05, 4.69) is 27.4 Å². The summed E-state index contributed by atoms with van der Waals surface area (Å²) < 4.78 is 1.86. The fourth-order valence-electron chi connectivity index (χ4n) is 2.26. The predicted octanol–water partition coefficient (Wildman–Crippen LogP) is 2.78. The smallest absolute Gasteiger partial charge is 0.196 e. The van der Waals surface area contributed by atoms with Crippen LogP contribution in [0, 0.1) is 6.92 Å². The Morgan fingerprint density at radius 1 is 1.20 bits per heavy atom. The largest absolute Gasteiger partial charge is 0.399 e. The third-order valence-electron chi connectivity index (χ3n) is 3.38. The van der Waals surface area contributed by atoms with Crippen molar-refractivity contribution in [1.82, 2.24) is 19.8 Å². The van der Waals surface area contributed by atoms with Gasteiger partial charge in [-0.05, 0) is 37.5 Å². The van der Waals surface area contributed by atoms with Gasteiger partial charge in [0.1, 0.15) is 5.02 Å². The summed E-state index contributed by atoms with van der Waals surface area (Å²) in [4.78, 5) is 0. The van der Waals surface area contributed by atoms with E-state index in [0.717, 1.165) is 36.5 Å². The molecule has 0 atom stereocenters. The second kappa shape index (κ2) is 5.17. The van der Waals surface area contributed by atoms with E-state index >= 15 is 0 Å². The van der Waals surface area contributed by atoms with Crippen LogP contribution in [-0.4, -0.2) is 19.8 Å². The fraction of sp³-hybridized carbons (Fsp3) is 0.286. The first kappa shape index (κ1) is 13.0. The third-order valence-corrected chi connectivity index (χ3v) is 3.83. The molecule has 6 heteroatoms. The molecule has 0 unspecified atom stereocenters. The summed E-state index contributed by atoms with van der Waals surface area (Å²) in [6, 6.07) is 7.98. The highest BCUT2D eigenvalue weighted by Gasteiger charge is 2.12. The molecule has 0 radical (unpaired) electrons. The lowest BCUT2D eigenvalue weighted by Crippen LogP contribution is -1.98. The molecule has 0 spiro atoms. The van der Waals surface area contributed by atoms with Gasteiger partial charge in [-0.15, -0.1) is 10.2 Å². The van der Waals surface area contributed by atoms with E-state index in [-0.39, 0.29) is 0 Å². The number of hydrogen-bond acceptors (Lipinski definition) is 3. The fourth-order valence-corrected chi connectivity index (χ4v) is 2.42. The Morgan fingerprint density at radius 3 is 2.70 bits per heavy atom. The van der Waals surface area contributed by atoms with Gasteiger partial charge in [0.15, 0.2) is 11.5 Å². The molecule has 3 N–H and O–H groups in total. The van der Waals surface area contributed by atoms with Crippen molar-refractivity contribution < 1.29 is 0 Å². The van der Waals surface area contributed by atoms with Crippen molar-refractivity contribution in [3.05, 3.63) is 46.4 Å². The molecule has 0 fully saturated rings. The van der Waals surface area contributed by atoms with E-state index in [9.17, 15) is 0 Å². The van der Waals surface area contributed by atoms with Crippen molar-refractivity contribution in [2.45, 2.75) is 26.2 Å². The molecule has 1 aromatic carbocycles. The number of halogens is 1. The van der Waals surface area contributed by atoms with Gasteiger partial charge in [-0.2, -0.15) is 0 Å². The molecule has 0 saturated heterocycles. The van der Waals surface area contributed by atoms with E-state index < -0.39 is 0 Å². The van der Waals surface area contributed by atoms with Gasteiger partial charge < -0.3 is 5.73 Å². The van der Waals surface area contributed by atoms with Crippen LogP contribution in [0.1, 0.15) is 23.5 Å². The zero-order chi connectivity index (χ0) is 14.1. The van der Waals surface area contributed by atoms with Crippen LogP contribution in [0.2, 0.25) is 5.02 Å². The van der Waals surface area contributed by atoms with Gasteiger partial charge in [-0.1, -0.05) is 23.7 Å². The molecular formula is C14H16ClN5. The molecule has 0 amide bonds. The topological polar surface area (TPSA) is 72.0 Å². The Morgan fingerprint density at radius 2 is 1.95 bits per heavy atom. The number of nitrogen functional groups attached to an aromatic ring is 1. The number of benzene rings is 1. The van der Waals surface area contributed by atoms with Gasteiger partial charge in [0.05, 0.1) is 5.69 Å². The van der Waals surface area contributed by atoms with Crippen molar-refractivity contribution in [3.8, 4) is 0 Å². The number of nitrogens with two attached hydrogens (primary N) is 1. The molecule has 2 aromatic heterocycles. The number of aromatic amines is 1. The Bertz CT molecular complexity index is 726. The second-order valence-corrected chi connectivity index (χ2v) is 5.30. The number of hydrogen-bond donors (Lipinski definition) is 2. The van der Waals surface area contributed by atoms with Gasteiger partial charge in [-0.25, -0.2) is 4.52 Å². The first-order valence-electron chi connectivity index (χ1n) is 6.57. The van der Waals surface area contributed by atoms with Crippen LogP contribution < -0.4 is 5.73 Å². The summed E-state index contributed by atoms with van der Waals surface area (Å²) >= 11 is 6.13. The first-order valence-corrected chi connectivity index (χ1v) is 6.95. The first-order chi connectivity index (χ1) is 9.65. The van der Waals surface area contributed by atoms with Gasteiger partial charge in [0, 0.05) is 12.1 Å². The minimum Gasteiger partial charge on any atom is -0.399 e. The van der Waals surface area contributed by atoms with E-state index in [0.29, 0.717) is 10.7 Å². The van der Waals surface area contributed by atoms with Crippen LogP contribution >= 0.6 is 11.6 Å². The highest BCUT2D eigenvalue weighted by molar-refractivity contribution is 6.34. The van der Waals surface area contributed by atoms with Crippen LogP contribution in [0.3, 0.4) is 0 Å². The van der Waals surface area contributed by atoms with E-state index in [1.807, 2.05) is 23.6 Å². The Labute approximate surface area is 121 Å². The van der Waals surface area contributed by atoms with Crippen LogP contribution in [-0.2, 0) is 12.8 Å². The highest BCUT2D eigenvalue weighted by Crippen LogP contribution is 2.20. The van der Waals surface area contributed by atoms with Gasteiger partial charge in [0.2, 0.25) is 0 Å². The van der Waals surface area contributed by atoms with Crippen molar-refractivity contribution in [2.75, 3.05) is 5.73 Å². The van der Waals surface area contributed by atoms with Gasteiger partial charge >= 0.3 is 0 Å². The standard InChI is InChI=1S/C14H16ClN5/c1-9-13(15)14-18-17-12(20(14)19-9)4-2-3-10-5-7-11(16)8-6-10/h5-8,19H,2-4,16H2,1H3. The number of H-pyrrole nitrogens is 1. The molecule has 3 rings (SSSR count). The predicted molar refractivity (Wildman–Crippen MR) is 80.0 cm³/mol. The minimum absolute atomic E-state index is 0.641. The zero-order valence-corrected chi connectivity index (χ0v) is 12.0. The van der Waals surface area contributed by atoms with E-state index in [4.69, 9.17) is 17.3 Å². The molecule has 20 heavy (non-hydrogen) atoms. The summed E-state index contributed by atoms with van der Waals surface area (Å²) in [5.41, 5.74) is 9.36. The van der Waals surface area contributed by atoms with E-state index in [1.165, 1.54) is 5.56 Å². The lowest BCUT2D eigenvalue weighted by atomic mass is 10.1. The number of nitrogens with one attached hydrogen (secondary N) is 1. The summed E-state index contributed by atoms with van der Waals surface area (Å²) in [5.74, 6) is 0.908. The van der Waals surface area contributed by atoms with Crippen LogP contribution in [0.25, 0.3) is 5.65 Å². The van der Waals surface area contributed by atoms with Crippen molar-refractivity contribution >= 4 is 22.9 Å². The van der Waals surface area contributed by atoms with Gasteiger partial charge in [0.25, 0.3) is 0 Å². The monoisotopic (exact) mass is 289 g/mol. The zero-order valence-electron chi connectivity index (χ0n) is 11.2. The van der Waals surface area contributed by atoms with E-state index in [1.54, 1.807) is 0 Å². The average molecular weight is 290 g/mol. The molecule has 0 aliphatic rings. The molecule has 3 aromatic rings. The lowest BCUT2D eigenvalue weighted by Gasteiger charge is -2.01. The third kappa shape index (κ3) is 2.36. The molecule has 0 bridgehead atoms. The summed E-state index contributed by atoms with van der Waals surface area (Å²) in [7, 11) is 0. The van der Waals surface area contributed by atoms with Crippen LogP contribution in [0.15, 0.2) is 24.3 Å². The minimum atomic E-state index is 0.641. The molecule has 2 heterocycles.